The Balaban J connectivity index is 1.84. The number of aromatic nitrogens is 2. The number of hydrogen-bond acceptors (Lipinski definition) is 2. The fourth-order valence-electron chi connectivity index (χ4n) is 2.15. The lowest BCUT2D eigenvalue weighted by molar-refractivity contribution is 0.687. The van der Waals surface area contributed by atoms with Gasteiger partial charge in [-0.15, -0.1) is 0 Å². The maximum Gasteiger partial charge on any atom is 0.0997 e. The summed E-state index contributed by atoms with van der Waals surface area (Å²) in [5.74, 6) is 0. The number of aryl methyl sites for hydroxylation is 1. The number of nitrogens with one attached hydrogen (secondary N) is 1. The number of benzene rings is 1. The summed E-state index contributed by atoms with van der Waals surface area (Å²) in [7, 11) is 0. The van der Waals surface area contributed by atoms with Crippen molar-refractivity contribution in [1.82, 2.24) is 14.9 Å². The van der Waals surface area contributed by atoms with Gasteiger partial charge in [-0.1, -0.05) is 17.7 Å². The quantitative estimate of drug-likeness (QED) is 0.927. The second-order valence-electron chi connectivity index (χ2n) is 5.23. The van der Waals surface area contributed by atoms with Crippen molar-refractivity contribution in [3.8, 4) is 5.69 Å². The van der Waals surface area contributed by atoms with Crippen molar-refractivity contribution < 1.29 is 0 Å². The molecule has 1 aromatic carbocycles. The smallest absolute Gasteiger partial charge is 0.0997 e. The van der Waals surface area contributed by atoms with Gasteiger partial charge in [0, 0.05) is 18.3 Å². The maximum absolute atomic E-state index is 6.40. The van der Waals surface area contributed by atoms with Crippen molar-refractivity contribution in [2.45, 2.75) is 39.3 Å². The molecular weight excluding hydrogens is 258 g/mol. The first-order valence-electron chi connectivity index (χ1n) is 6.68. The van der Waals surface area contributed by atoms with Crippen LogP contribution < -0.4 is 5.32 Å². The summed E-state index contributed by atoms with van der Waals surface area (Å²) in [5, 5.41) is 4.27. The molecule has 0 atom stereocenters. The Labute approximate surface area is 118 Å². The zero-order chi connectivity index (χ0) is 13.4. The van der Waals surface area contributed by atoms with Crippen LogP contribution in [0.2, 0.25) is 5.02 Å². The van der Waals surface area contributed by atoms with E-state index in [1.54, 1.807) is 0 Å². The zero-order valence-corrected chi connectivity index (χ0v) is 12.0. The largest absolute Gasteiger partial charge is 0.310 e. The molecule has 0 saturated heterocycles. The third-order valence-electron chi connectivity index (χ3n) is 3.70. The molecule has 3 rings (SSSR count). The summed E-state index contributed by atoms with van der Waals surface area (Å²) < 4.78 is 2.04. The summed E-state index contributed by atoms with van der Waals surface area (Å²) in [6.07, 6.45) is 4.44. The number of halogens is 1. The molecule has 1 aliphatic rings. The van der Waals surface area contributed by atoms with Crippen molar-refractivity contribution >= 4 is 11.6 Å². The number of nitrogens with zero attached hydrogens (tertiary/aromatic N) is 2. The van der Waals surface area contributed by atoms with Crippen molar-refractivity contribution in [1.29, 1.82) is 0 Å². The minimum Gasteiger partial charge on any atom is -0.310 e. The van der Waals surface area contributed by atoms with E-state index in [1.165, 1.54) is 18.4 Å². The average Bonchev–Trinajstić information content (AvgIpc) is 3.16. The first kappa shape index (κ1) is 12.7. The van der Waals surface area contributed by atoms with Crippen LogP contribution in [-0.2, 0) is 6.54 Å². The molecule has 0 radical (unpaired) electrons. The Hall–Kier alpha value is -1.32. The predicted octanol–water partition coefficient (Wildman–Crippen LogP) is 3.39. The van der Waals surface area contributed by atoms with Crippen LogP contribution in [0, 0.1) is 13.8 Å². The van der Waals surface area contributed by atoms with Crippen LogP contribution >= 0.6 is 11.6 Å². The van der Waals surface area contributed by atoms with Gasteiger partial charge in [-0.25, -0.2) is 4.98 Å². The van der Waals surface area contributed by atoms with Gasteiger partial charge in [0.1, 0.15) is 0 Å². The second-order valence-corrected chi connectivity index (χ2v) is 5.63. The molecule has 4 heteroatoms. The topological polar surface area (TPSA) is 29.9 Å². The third-order valence-corrected chi connectivity index (χ3v) is 4.00. The van der Waals surface area contributed by atoms with Gasteiger partial charge in [0.15, 0.2) is 0 Å². The Morgan fingerprint density at radius 3 is 2.74 bits per heavy atom. The molecule has 0 amide bonds. The van der Waals surface area contributed by atoms with Crippen LogP contribution in [-0.4, -0.2) is 15.6 Å². The lowest BCUT2D eigenvalue weighted by atomic mass is 10.2. The molecule has 1 N–H and O–H groups in total. The highest BCUT2D eigenvalue weighted by Crippen LogP contribution is 2.25. The van der Waals surface area contributed by atoms with Gasteiger partial charge in [0.25, 0.3) is 0 Å². The fraction of sp³-hybridized carbons (Fsp3) is 0.400. The summed E-state index contributed by atoms with van der Waals surface area (Å²) in [6.45, 7) is 4.96. The highest BCUT2D eigenvalue weighted by atomic mass is 35.5. The average molecular weight is 276 g/mol. The highest BCUT2D eigenvalue weighted by Gasteiger charge is 2.20. The summed E-state index contributed by atoms with van der Waals surface area (Å²) in [5.41, 5.74) is 4.39. The molecule has 1 aromatic heterocycles. The van der Waals surface area contributed by atoms with E-state index >= 15 is 0 Å². The molecule has 100 valence electrons. The normalized spacial score (nSPS) is 14.9. The molecule has 1 fully saturated rings. The molecule has 1 heterocycles. The van der Waals surface area contributed by atoms with Gasteiger partial charge < -0.3 is 9.88 Å². The van der Waals surface area contributed by atoms with Gasteiger partial charge in [0.2, 0.25) is 0 Å². The van der Waals surface area contributed by atoms with E-state index in [9.17, 15) is 0 Å². The molecule has 1 aliphatic carbocycles. The fourth-order valence-corrected chi connectivity index (χ4v) is 2.44. The van der Waals surface area contributed by atoms with Gasteiger partial charge in [0.05, 0.1) is 22.7 Å². The molecule has 1 saturated carbocycles. The van der Waals surface area contributed by atoms with E-state index in [4.69, 9.17) is 11.6 Å². The highest BCUT2D eigenvalue weighted by molar-refractivity contribution is 6.32. The van der Waals surface area contributed by atoms with E-state index in [2.05, 4.69) is 29.4 Å². The first-order valence-corrected chi connectivity index (χ1v) is 7.05. The molecule has 0 unspecified atom stereocenters. The molecular formula is C15H18ClN3. The Bertz CT molecular complexity index is 599. The van der Waals surface area contributed by atoms with Crippen molar-refractivity contribution in [3.63, 3.8) is 0 Å². The van der Waals surface area contributed by atoms with Gasteiger partial charge >= 0.3 is 0 Å². The van der Waals surface area contributed by atoms with Gasteiger partial charge in [-0.05, 0) is 44.4 Å². The first-order chi connectivity index (χ1) is 9.15. The Morgan fingerprint density at radius 1 is 1.37 bits per heavy atom. The second kappa shape index (κ2) is 4.99. The van der Waals surface area contributed by atoms with E-state index in [1.807, 2.05) is 23.9 Å². The van der Waals surface area contributed by atoms with Crippen LogP contribution in [0.3, 0.4) is 0 Å². The molecule has 19 heavy (non-hydrogen) atoms. The monoisotopic (exact) mass is 275 g/mol. The van der Waals surface area contributed by atoms with Gasteiger partial charge in [-0.2, -0.15) is 0 Å². The summed E-state index contributed by atoms with van der Waals surface area (Å²) >= 11 is 6.40. The van der Waals surface area contributed by atoms with Crippen molar-refractivity contribution in [2.24, 2.45) is 0 Å². The number of hydrogen-bond donors (Lipinski definition) is 1. The molecule has 0 spiro atoms. The lowest BCUT2D eigenvalue weighted by Gasteiger charge is -2.10. The number of rotatable bonds is 4. The van der Waals surface area contributed by atoms with Crippen LogP contribution in [0.15, 0.2) is 24.5 Å². The van der Waals surface area contributed by atoms with Crippen molar-refractivity contribution in [2.75, 3.05) is 0 Å². The summed E-state index contributed by atoms with van der Waals surface area (Å²) in [6, 6.07) is 6.96. The third kappa shape index (κ3) is 2.67. The Morgan fingerprint density at radius 2 is 2.16 bits per heavy atom. The van der Waals surface area contributed by atoms with E-state index in [-0.39, 0.29) is 0 Å². The minimum absolute atomic E-state index is 0.719. The van der Waals surface area contributed by atoms with Crippen LogP contribution in [0.5, 0.6) is 0 Å². The SMILES string of the molecule is Cc1ncn(-c2ccc(CNC3CC3)cc2Cl)c1C. The maximum atomic E-state index is 6.40. The lowest BCUT2D eigenvalue weighted by Crippen LogP contribution is -2.15. The predicted molar refractivity (Wildman–Crippen MR) is 77.9 cm³/mol. The van der Waals surface area contributed by atoms with Crippen LogP contribution in [0.1, 0.15) is 29.8 Å². The minimum atomic E-state index is 0.719. The van der Waals surface area contributed by atoms with Gasteiger partial charge in [-0.3, -0.25) is 0 Å². The molecule has 3 nitrogen and oxygen atoms in total. The molecule has 2 aromatic rings. The number of imidazole rings is 1. The Kier molecular flexibility index (Phi) is 3.33. The van der Waals surface area contributed by atoms with Crippen LogP contribution in [0.4, 0.5) is 0 Å². The standard InChI is InChI=1S/C15H18ClN3/c1-10-11(2)19(9-18-10)15-6-3-12(7-14(15)16)8-17-13-4-5-13/h3,6-7,9,13,17H,4-5,8H2,1-2H3. The van der Waals surface area contributed by atoms with Crippen LogP contribution in [0.25, 0.3) is 5.69 Å². The van der Waals surface area contributed by atoms with E-state index in [0.717, 1.165) is 34.7 Å². The summed E-state index contributed by atoms with van der Waals surface area (Å²) in [4.78, 5) is 4.32. The molecule has 0 aliphatic heterocycles. The molecule has 0 bridgehead atoms. The zero-order valence-electron chi connectivity index (χ0n) is 11.3. The van der Waals surface area contributed by atoms with E-state index < -0.39 is 0 Å². The van der Waals surface area contributed by atoms with Crippen molar-refractivity contribution in [3.05, 3.63) is 46.5 Å². The van der Waals surface area contributed by atoms with E-state index in [0.29, 0.717) is 0 Å².